The average molecular weight is 291 g/mol. The van der Waals surface area contributed by atoms with E-state index in [0.29, 0.717) is 26.1 Å². The molecule has 0 spiro atoms. The minimum absolute atomic E-state index is 0.218. The van der Waals surface area contributed by atoms with Gasteiger partial charge in [-0.05, 0) is 29.7 Å². The fraction of sp³-hybridized carbons (Fsp3) is 0.533. The van der Waals surface area contributed by atoms with Gasteiger partial charge in [-0.25, -0.2) is 4.79 Å². The first-order chi connectivity index (χ1) is 10.2. The van der Waals surface area contributed by atoms with Crippen molar-refractivity contribution >= 4 is 6.09 Å². The number of nitrogens with one attached hydrogen (secondary N) is 2. The van der Waals surface area contributed by atoms with Gasteiger partial charge in [-0.1, -0.05) is 18.2 Å². The highest BCUT2D eigenvalue weighted by molar-refractivity contribution is 5.67. The lowest BCUT2D eigenvalue weighted by Crippen LogP contribution is -2.30. The highest BCUT2D eigenvalue weighted by Crippen LogP contribution is 2.16. The van der Waals surface area contributed by atoms with Gasteiger partial charge in [-0.15, -0.1) is 0 Å². The van der Waals surface area contributed by atoms with Gasteiger partial charge in [0.05, 0.1) is 6.54 Å². The second-order valence-corrected chi connectivity index (χ2v) is 5.61. The van der Waals surface area contributed by atoms with Crippen LogP contribution in [0.4, 0.5) is 4.79 Å². The Morgan fingerprint density at radius 3 is 3.19 bits per heavy atom. The number of ether oxygens (including phenoxy) is 1. The SMILES string of the molecule is O=C(NCc1ccc2c(c1)CCNC2)OC1CCN(O)C1. The van der Waals surface area contributed by atoms with E-state index in [1.54, 1.807) is 0 Å². The summed E-state index contributed by atoms with van der Waals surface area (Å²) in [5.74, 6) is 0. The van der Waals surface area contributed by atoms with Crippen LogP contribution in [-0.2, 0) is 24.2 Å². The van der Waals surface area contributed by atoms with Crippen molar-refractivity contribution in [2.24, 2.45) is 0 Å². The summed E-state index contributed by atoms with van der Waals surface area (Å²) in [5, 5.41) is 16.5. The zero-order valence-electron chi connectivity index (χ0n) is 12.0. The summed E-state index contributed by atoms with van der Waals surface area (Å²) >= 11 is 0. The first kappa shape index (κ1) is 14.3. The van der Waals surface area contributed by atoms with Crippen molar-refractivity contribution in [3.8, 4) is 0 Å². The van der Waals surface area contributed by atoms with Crippen LogP contribution in [0, 0.1) is 0 Å². The van der Waals surface area contributed by atoms with Crippen LogP contribution in [0.15, 0.2) is 18.2 Å². The Hall–Kier alpha value is -1.63. The summed E-state index contributed by atoms with van der Waals surface area (Å²) in [7, 11) is 0. The van der Waals surface area contributed by atoms with E-state index >= 15 is 0 Å². The molecule has 114 valence electrons. The van der Waals surface area contributed by atoms with Crippen molar-refractivity contribution in [2.45, 2.75) is 32.0 Å². The Labute approximate surface area is 124 Å². The standard InChI is InChI=1S/C15H21N3O3/c19-15(21-14-4-6-18(20)10-14)17-8-11-1-2-13-9-16-5-3-12(13)7-11/h1-2,7,14,16,20H,3-6,8-10H2,(H,17,19). The van der Waals surface area contributed by atoms with Crippen molar-refractivity contribution in [3.63, 3.8) is 0 Å². The molecule has 1 aromatic rings. The van der Waals surface area contributed by atoms with Crippen molar-refractivity contribution in [1.82, 2.24) is 15.7 Å². The fourth-order valence-electron chi connectivity index (χ4n) is 2.81. The molecular weight excluding hydrogens is 270 g/mol. The molecule has 1 amide bonds. The van der Waals surface area contributed by atoms with Gasteiger partial charge in [0.25, 0.3) is 0 Å². The normalized spacial score (nSPS) is 21.9. The second-order valence-electron chi connectivity index (χ2n) is 5.61. The molecule has 1 unspecified atom stereocenters. The molecule has 2 aliphatic heterocycles. The number of amides is 1. The number of carbonyl (C=O) groups is 1. The molecule has 0 radical (unpaired) electrons. The monoisotopic (exact) mass is 291 g/mol. The summed E-state index contributed by atoms with van der Waals surface area (Å²) in [4.78, 5) is 11.7. The number of rotatable bonds is 3. The van der Waals surface area contributed by atoms with Gasteiger partial charge >= 0.3 is 6.09 Å². The van der Waals surface area contributed by atoms with E-state index in [4.69, 9.17) is 4.74 Å². The summed E-state index contributed by atoms with van der Waals surface area (Å²) < 4.78 is 5.25. The molecule has 0 aromatic heterocycles. The number of hydrogen-bond donors (Lipinski definition) is 3. The number of nitrogens with zero attached hydrogens (tertiary/aromatic N) is 1. The minimum Gasteiger partial charge on any atom is -0.445 e. The maximum absolute atomic E-state index is 11.7. The summed E-state index contributed by atoms with van der Waals surface area (Å²) in [6.45, 7) is 3.33. The summed E-state index contributed by atoms with van der Waals surface area (Å²) in [6, 6.07) is 6.31. The Kier molecular flexibility index (Phi) is 4.38. The molecule has 3 rings (SSSR count). The molecule has 21 heavy (non-hydrogen) atoms. The third-order valence-electron chi connectivity index (χ3n) is 3.99. The van der Waals surface area contributed by atoms with Crippen molar-refractivity contribution in [3.05, 3.63) is 34.9 Å². The Bertz CT molecular complexity index is 521. The maximum atomic E-state index is 11.7. The highest BCUT2D eigenvalue weighted by Gasteiger charge is 2.24. The molecule has 1 saturated heterocycles. The number of hydrogen-bond acceptors (Lipinski definition) is 5. The van der Waals surface area contributed by atoms with Crippen LogP contribution in [0.1, 0.15) is 23.1 Å². The minimum atomic E-state index is -0.422. The topological polar surface area (TPSA) is 73.8 Å². The number of fused-ring (bicyclic) bond motifs is 1. The Balaban J connectivity index is 1.49. The lowest BCUT2D eigenvalue weighted by atomic mass is 9.98. The van der Waals surface area contributed by atoms with E-state index in [9.17, 15) is 10.0 Å². The van der Waals surface area contributed by atoms with Gasteiger partial charge in [0, 0.05) is 26.1 Å². The van der Waals surface area contributed by atoms with Crippen LogP contribution in [0.2, 0.25) is 0 Å². The average Bonchev–Trinajstić information content (AvgIpc) is 2.90. The van der Waals surface area contributed by atoms with E-state index in [-0.39, 0.29) is 6.10 Å². The maximum Gasteiger partial charge on any atom is 0.407 e. The van der Waals surface area contributed by atoms with E-state index in [0.717, 1.165) is 25.1 Å². The molecule has 6 nitrogen and oxygen atoms in total. The molecular formula is C15H21N3O3. The molecule has 3 N–H and O–H groups in total. The number of carbonyl (C=O) groups excluding carboxylic acids is 1. The van der Waals surface area contributed by atoms with E-state index in [1.165, 1.54) is 16.2 Å². The third kappa shape index (κ3) is 3.72. The van der Waals surface area contributed by atoms with Crippen molar-refractivity contribution < 1.29 is 14.7 Å². The first-order valence-electron chi connectivity index (χ1n) is 7.40. The predicted molar refractivity (Wildman–Crippen MR) is 76.9 cm³/mol. The third-order valence-corrected chi connectivity index (χ3v) is 3.99. The molecule has 1 aromatic carbocycles. The predicted octanol–water partition coefficient (Wildman–Crippen LogP) is 1.02. The molecule has 1 fully saturated rings. The molecule has 2 aliphatic rings. The second kappa shape index (κ2) is 6.43. The van der Waals surface area contributed by atoms with Crippen LogP contribution >= 0.6 is 0 Å². The van der Waals surface area contributed by atoms with Gasteiger partial charge < -0.3 is 20.6 Å². The van der Waals surface area contributed by atoms with Gasteiger partial charge in [0.1, 0.15) is 6.10 Å². The van der Waals surface area contributed by atoms with Crippen molar-refractivity contribution in [1.29, 1.82) is 0 Å². The van der Waals surface area contributed by atoms with Crippen LogP contribution in [0.3, 0.4) is 0 Å². The van der Waals surface area contributed by atoms with E-state index in [2.05, 4.69) is 22.8 Å². The van der Waals surface area contributed by atoms with Crippen LogP contribution in [-0.4, -0.2) is 42.1 Å². The first-order valence-corrected chi connectivity index (χ1v) is 7.40. The zero-order chi connectivity index (χ0) is 14.7. The van der Waals surface area contributed by atoms with Gasteiger partial charge in [0.2, 0.25) is 0 Å². The summed E-state index contributed by atoms with van der Waals surface area (Å²) in [6.07, 6.45) is 1.07. The summed E-state index contributed by atoms with van der Waals surface area (Å²) in [5.41, 5.74) is 3.78. The zero-order valence-corrected chi connectivity index (χ0v) is 12.0. The van der Waals surface area contributed by atoms with Gasteiger partial charge in [-0.3, -0.25) is 0 Å². The van der Waals surface area contributed by atoms with Gasteiger partial charge in [0.15, 0.2) is 0 Å². The van der Waals surface area contributed by atoms with Gasteiger partial charge in [-0.2, -0.15) is 5.06 Å². The van der Waals surface area contributed by atoms with Crippen LogP contribution < -0.4 is 10.6 Å². The number of alkyl carbamates (subject to hydrolysis) is 1. The lowest BCUT2D eigenvalue weighted by molar-refractivity contribution is -0.0765. The lowest BCUT2D eigenvalue weighted by Gasteiger charge is -2.18. The molecule has 0 bridgehead atoms. The molecule has 1 atom stereocenters. The fourth-order valence-corrected chi connectivity index (χ4v) is 2.81. The van der Waals surface area contributed by atoms with E-state index < -0.39 is 6.09 Å². The largest absolute Gasteiger partial charge is 0.445 e. The highest BCUT2D eigenvalue weighted by atomic mass is 16.6. The van der Waals surface area contributed by atoms with Crippen LogP contribution in [0.25, 0.3) is 0 Å². The smallest absolute Gasteiger partial charge is 0.407 e. The van der Waals surface area contributed by atoms with E-state index in [1.807, 2.05) is 6.07 Å². The number of benzene rings is 1. The molecule has 2 heterocycles. The Morgan fingerprint density at radius 2 is 2.38 bits per heavy atom. The Morgan fingerprint density at radius 1 is 1.48 bits per heavy atom. The van der Waals surface area contributed by atoms with Crippen molar-refractivity contribution in [2.75, 3.05) is 19.6 Å². The quantitative estimate of drug-likeness (QED) is 0.775. The molecule has 0 aliphatic carbocycles. The molecule has 0 saturated carbocycles. The molecule has 6 heteroatoms. The van der Waals surface area contributed by atoms with Crippen LogP contribution in [0.5, 0.6) is 0 Å². The number of hydroxylamine groups is 2.